The zero-order valence-electron chi connectivity index (χ0n) is 8.60. The third-order valence-electron chi connectivity index (χ3n) is 1.95. The Balaban J connectivity index is 3.03. The number of alkyl halides is 5. The van der Waals surface area contributed by atoms with Crippen LogP contribution < -0.4 is 10.5 Å². The summed E-state index contributed by atoms with van der Waals surface area (Å²) in [5.41, 5.74) is 4.36. The molecule has 2 N–H and O–H groups in total. The minimum Gasteiger partial charge on any atom is -0.487 e. The molecule has 96 valence electrons. The van der Waals surface area contributed by atoms with E-state index < -0.39 is 30.5 Å². The highest BCUT2D eigenvalue weighted by atomic mass is 19.4. The van der Waals surface area contributed by atoms with Gasteiger partial charge in [0.2, 0.25) is 0 Å². The van der Waals surface area contributed by atoms with Gasteiger partial charge in [-0.15, -0.1) is 0 Å². The van der Waals surface area contributed by atoms with Gasteiger partial charge in [-0.3, -0.25) is 0 Å². The molecule has 0 radical (unpaired) electrons. The summed E-state index contributed by atoms with van der Waals surface area (Å²) in [6, 6.07) is 3.09. The van der Waals surface area contributed by atoms with E-state index in [2.05, 4.69) is 4.74 Å². The summed E-state index contributed by atoms with van der Waals surface area (Å²) in [4.78, 5) is 0. The Labute approximate surface area is 94.2 Å². The van der Waals surface area contributed by atoms with E-state index in [1.165, 1.54) is 6.07 Å². The van der Waals surface area contributed by atoms with Crippen LogP contribution in [0.4, 0.5) is 22.0 Å². The van der Waals surface area contributed by atoms with Crippen molar-refractivity contribution in [3.05, 3.63) is 29.3 Å². The topological polar surface area (TPSA) is 35.2 Å². The minimum atomic E-state index is -4.66. The summed E-state index contributed by atoms with van der Waals surface area (Å²) in [7, 11) is 0. The molecular formula is C10H10F5NO. The van der Waals surface area contributed by atoms with Crippen molar-refractivity contribution in [1.29, 1.82) is 0 Å². The second-order valence-corrected chi connectivity index (χ2v) is 3.23. The maximum Gasteiger partial charge on any atom is 0.419 e. The van der Waals surface area contributed by atoms with Crippen LogP contribution in [0, 0.1) is 0 Å². The fourth-order valence-electron chi connectivity index (χ4n) is 1.20. The van der Waals surface area contributed by atoms with Crippen LogP contribution >= 0.6 is 0 Å². The number of benzene rings is 1. The minimum absolute atomic E-state index is 0.0712. The number of rotatable bonds is 4. The van der Waals surface area contributed by atoms with Crippen LogP contribution in [-0.2, 0) is 12.7 Å². The molecule has 0 aliphatic carbocycles. The molecule has 0 saturated carbocycles. The van der Waals surface area contributed by atoms with Crippen molar-refractivity contribution >= 4 is 0 Å². The lowest BCUT2D eigenvalue weighted by Gasteiger charge is -2.14. The maximum atomic E-state index is 12.6. The van der Waals surface area contributed by atoms with Crippen molar-refractivity contribution in [2.45, 2.75) is 19.1 Å². The van der Waals surface area contributed by atoms with Crippen molar-refractivity contribution in [3.8, 4) is 5.75 Å². The molecule has 1 aromatic rings. The molecule has 0 atom stereocenters. The first-order valence-corrected chi connectivity index (χ1v) is 4.65. The Morgan fingerprint density at radius 1 is 1.24 bits per heavy atom. The van der Waals surface area contributed by atoms with Gasteiger partial charge in [-0.2, -0.15) is 13.2 Å². The first-order chi connectivity index (χ1) is 7.84. The molecule has 0 bridgehead atoms. The summed E-state index contributed by atoms with van der Waals surface area (Å²) in [6.45, 7) is -1.15. The van der Waals surface area contributed by atoms with E-state index in [4.69, 9.17) is 5.73 Å². The lowest BCUT2D eigenvalue weighted by molar-refractivity contribution is -0.139. The van der Waals surface area contributed by atoms with E-state index >= 15 is 0 Å². The lowest BCUT2D eigenvalue weighted by Crippen LogP contribution is -2.13. The predicted molar refractivity (Wildman–Crippen MR) is 50.8 cm³/mol. The molecular weight excluding hydrogens is 245 g/mol. The largest absolute Gasteiger partial charge is 0.487 e. The van der Waals surface area contributed by atoms with Gasteiger partial charge in [0, 0.05) is 6.54 Å². The molecule has 0 unspecified atom stereocenters. The molecule has 0 aromatic heterocycles. The first-order valence-electron chi connectivity index (χ1n) is 4.65. The molecule has 0 fully saturated rings. The Morgan fingerprint density at radius 2 is 1.88 bits per heavy atom. The van der Waals surface area contributed by atoms with Crippen LogP contribution in [0.3, 0.4) is 0 Å². The van der Waals surface area contributed by atoms with Crippen molar-refractivity contribution in [1.82, 2.24) is 0 Å². The van der Waals surface area contributed by atoms with Gasteiger partial charge in [0.15, 0.2) is 0 Å². The van der Waals surface area contributed by atoms with Gasteiger partial charge >= 0.3 is 6.18 Å². The highest BCUT2D eigenvalue weighted by Gasteiger charge is 2.34. The van der Waals surface area contributed by atoms with E-state index in [9.17, 15) is 22.0 Å². The number of hydrogen-bond donors (Lipinski definition) is 1. The summed E-state index contributed by atoms with van der Waals surface area (Å²) in [6.07, 6.45) is -7.49. The predicted octanol–water partition coefficient (Wildman–Crippen LogP) is 2.81. The fraction of sp³-hybridized carbons (Fsp3) is 0.400. The quantitative estimate of drug-likeness (QED) is 0.839. The van der Waals surface area contributed by atoms with E-state index in [1.807, 2.05) is 0 Å². The normalized spacial score (nSPS) is 11.9. The monoisotopic (exact) mass is 255 g/mol. The molecule has 2 nitrogen and oxygen atoms in total. The molecule has 17 heavy (non-hydrogen) atoms. The van der Waals surface area contributed by atoms with E-state index in [0.29, 0.717) is 0 Å². The molecule has 0 aliphatic rings. The Bertz CT molecular complexity index is 377. The SMILES string of the molecule is NCc1ccc(OCC(F)F)c(C(F)(F)F)c1. The standard InChI is InChI=1S/C10H10F5NO/c11-9(12)5-17-8-2-1-6(4-16)3-7(8)10(13,14)15/h1-3,9H,4-5,16H2. The molecule has 0 amide bonds. The van der Waals surface area contributed by atoms with E-state index in [0.717, 1.165) is 12.1 Å². The molecule has 7 heteroatoms. The summed E-state index contributed by atoms with van der Waals surface area (Å²) in [5, 5.41) is 0. The molecule has 0 aliphatic heterocycles. The third kappa shape index (κ3) is 3.85. The average molecular weight is 255 g/mol. The Kier molecular flexibility index (Phi) is 4.28. The fourth-order valence-corrected chi connectivity index (χ4v) is 1.20. The zero-order chi connectivity index (χ0) is 13.1. The molecule has 0 spiro atoms. The van der Waals surface area contributed by atoms with Crippen molar-refractivity contribution in [2.24, 2.45) is 5.73 Å². The number of hydrogen-bond acceptors (Lipinski definition) is 2. The number of halogens is 5. The van der Waals surface area contributed by atoms with Crippen molar-refractivity contribution in [3.63, 3.8) is 0 Å². The van der Waals surface area contributed by atoms with Crippen LogP contribution in [0.2, 0.25) is 0 Å². The van der Waals surface area contributed by atoms with Gasteiger partial charge in [0.25, 0.3) is 6.43 Å². The Morgan fingerprint density at radius 3 is 2.35 bits per heavy atom. The molecule has 1 aromatic carbocycles. The molecule has 0 heterocycles. The van der Waals surface area contributed by atoms with Crippen LogP contribution in [0.5, 0.6) is 5.75 Å². The van der Waals surface area contributed by atoms with Crippen molar-refractivity contribution in [2.75, 3.05) is 6.61 Å². The highest BCUT2D eigenvalue weighted by molar-refractivity contribution is 5.39. The van der Waals surface area contributed by atoms with E-state index in [-0.39, 0.29) is 12.1 Å². The number of ether oxygens (including phenoxy) is 1. The molecule has 0 saturated heterocycles. The second kappa shape index (κ2) is 5.31. The first kappa shape index (κ1) is 13.7. The van der Waals surface area contributed by atoms with Crippen molar-refractivity contribution < 1.29 is 26.7 Å². The summed E-state index contributed by atoms with van der Waals surface area (Å²) < 4.78 is 65.9. The maximum absolute atomic E-state index is 12.6. The van der Waals surface area contributed by atoms with Crippen LogP contribution in [0.15, 0.2) is 18.2 Å². The van der Waals surface area contributed by atoms with Crippen LogP contribution in [0.1, 0.15) is 11.1 Å². The second-order valence-electron chi connectivity index (χ2n) is 3.23. The summed E-state index contributed by atoms with van der Waals surface area (Å²) >= 11 is 0. The van der Waals surface area contributed by atoms with Crippen LogP contribution in [-0.4, -0.2) is 13.0 Å². The Hall–Kier alpha value is -1.37. The smallest absolute Gasteiger partial charge is 0.419 e. The van der Waals surface area contributed by atoms with Gasteiger partial charge in [0.05, 0.1) is 5.56 Å². The van der Waals surface area contributed by atoms with Gasteiger partial charge in [-0.25, -0.2) is 8.78 Å². The van der Waals surface area contributed by atoms with Gasteiger partial charge in [-0.1, -0.05) is 6.07 Å². The van der Waals surface area contributed by atoms with Crippen LogP contribution in [0.25, 0.3) is 0 Å². The van der Waals surface area contributed by atoms with Gasteiger partial charge < -0.3 is 10.5 Å². The van der Waals surface area contributed by atoms with E-state index in [1.54, 1.807) is 0 Å². The van der Waals surface area contributed by atoms with Gasteiger partial charge in [0.1, 0.15) is 12.4 Å². The molecule has 1 rings (SSSR count). The summed E-state index contributed by atoms with van der Waals surface area (Å²) in [5.74, 6) is -0.616. The van der Waals surface area contributed by atoms with Gasteiger partial charge in [-0.05, 0) is 17.7 Å². The number of nitrogens with two attached hydrogens (primary N) is 1. The lowest BCUT2D eigenvalue weighted by atomic mass is 10.1. The average Bonchev–Trinajstić information content (AvgIpc) is 2.24. The zero-order valence-corrected chi connectivity index (χ0v) is 8.60. The highest BCUT2D eigenvalue weighted by Crippen LogP contribution is 2.36. The third-order valence-corrected chi connectivity index (χ3v) is 1.95.